The molecule has 1 aromatic heterocycles. The summed E-state index contributed by atoms with van der Waals surface area (Å²) < 4.78 is 19.6. The molecule has 2 aromatic rings. The Bertz CT molecular complexity index is 610. The molecule has 6 heteroatoms. The topological polar surface area (TPSA) is 70.1 Å². The SMILES string of the molecule is CCOC(=O)c1ncn(CCc2cccc(F)c2)c1N. The first-order valence-electron chi connectivity index (χ1n) is 6.34. The van der Waals surface area contributed by atoms with Crippen molar-refractivity contribution in [1.82, 2.24) is 9.55 Å². The summed E-state index contributed by atoms with van der Waals surface area (Å²) in [6.45, 7) is 2.51. The number of rotatable bonds is 5. The van der Waals surface area contributed by atoms with Gasteiger partial charge in [0.2, 0.25) is 0 Å². The van der Waals surface area contributed by atoms with E-state index in [1.54, 1.807) is 17.6 Å². The van der Waals surface area contributed by atoms with Gasteiger partial charge < -0.3 is 15.0 Å². The van der Waals surface area contributed by atoms with E-state index in [2.05, 4.69) is 4.98 Å². The van der Waals surface area contributed by atoms with E-state index in [4.69, 9.17) is 10.5 Å². The fraction of sp³-hybridized carbons (Fsp3) is 0.286. The van der Waals surface area contributed by atoms with Gasteiger partial charge in [0.1, 0.15) is 11.6 Å². The molecule has 0 atom stereocenters. The van der Waals surface area contributed by atoms with E-state index >= 15 is 0 Å². The van der Waals surface area contributed by atoms with E-state index in [1.165, 1.54) is 18.5 Å². The summed E-state index contributed by atoms with van der Waals surface area (Å²) in [5.74, 6) is -0.539. The second kappa shape index (κ2) is 6.18. The molecule has 2 N–H and O–H groups in total. The van der Waals surface area contributed by atoms with Crippen molar-refractivity contribution >= 4 is 11.8 Å². The molecular formula is C14H16FN3O2. The van der Waals surface area contributed by atoms with Crippen LogP contribution in [0.15, 0.2) is 30.6 Å². The fourth-order valence-electron chi connectivity index (χ4n) is 1.87. The number of benzene rings is 1. The number of imidazole rings is 1. The summed E-state index contributed by atoms with van der Waals surface area (Å²) in [5.41, 5.74) is 6.83. The van der Waals surface area contributed by atoms with Crippen LogP contribution in [0.2, 0.25) is 0 Å². The minimum atomic E-state index is -0.533. The second-order valence-electron chi connectivity index (χ2n) is 4.27. The number of hydrogen-bond donors (Lipinski definition) is 1. The molecule has 0 spiro atoms. The maximum absolute atomic E-state index is 13.1. The van der Waals surface area contributed by atoms with Crippen LogP contribution >= 0.6 is 0 Å². The Morgan fingerprint density at radius 3 is 3.00 bits per heavy atom. The van der Waals surface area contributed by atoms with Crippen LogP contribution in [-0.4, -0.2) is 22.1 Å². The number of carbonyl (C=O) groups excluding carboxylic acids is 1. The fourth-order valence-corrected chi connectivity index (χ4v) is 1.87. The molecule has 0 unspecified atom stereocenters. The number of ether oxygens (including phenoxy) is 1. The molecule has 0 aliphatic carbocycles. The van der Waals surface area contributed by atoms with Crippen LogP contribution in [0.3, 0.4) is 0 Å². The van der Waals surface area contributed by atoms with Crippen LogP contribution < -0.4 is 5.73 Å². The summed E-state index contributed by atoms with van der Waals surface area (Å²) >= 11 is 0. The molecule has 106 valence electrons. The summed E-state index contributed by atoms with van der Waals surface area (Å²) in [4.78, 5) is 15.5. The van der Waals surface area contributed by atoms with Crippen LogP contribution in [0.4, 0.5) is 10.2 Å². The molecule has 5 nitrogen and oxygen atoms in total. The molecule has 0 aliphatic heterocycles. The van der Waals surface area contributed by atoms with Crippen LogP contribution in [0.1, 0.15) is 23.0 Å². The smallest absolute Gasteiger partial charge is 0.360 e. The third kappa shape index (κ3) is 3.14. The predicted octanol–water partition coefficient (Wildman–Crippen LogP) is 2.02. The van der Waals surface area contributed by atoms with Gasteiger partial charge in [-0.1, -0.05) is 12.1 Å². The van der Waals surface area contributed by atoms with Gasteiger partial charge in [-0.25, -0.2) is 14.2 Å². The third-order valence-corrected chi connectivity index (χ3v) is 2.88. The summed E-state index contributed by atoms with van der Waals surface area (Å²) in [7, 11) is 0. The number of hydrogen-bond acceptors (Lipinski definition) is 4. The number of esters is 1. The summed E-state index contributed by atoms with van der Waals surface area (Å²) in [5, 5.41) is 0. The lowest BCUT2D eigenvalue weighted by atomic mass is 10.1. The first-order chi connectivity index (χ1) is 9.61. The molecule has 0 bridgehead atoms. The third-order valence-electron chi connectivity index (χ3n) is 2.88. The molecule has 0 amide bonds. The maximum Gasteiger partial charge on any atom is 0.360 e. The molecule has 0 fully saturated rings. The first kappa shape index (κ1) is 14.0. The second-order valence-corrected chi connectivity index (χ2v) is 4.27. The summed E-state index contributed by atoms with van der Waals surface area (Å²) in [6.07, 6.45) is 2.08. The quantitative estimate of drug-likeness (QED) is 0.849. The van der Waals surface area contributed by atoms with E-state index < -0.39 is 5.97 Å². The van der Waals surface area contributed by atoms with Crippen LogP contribution in [0, 0.1) is 5.82 Å². The minimum absolute atomic E-state index is 0.117. The summed E-state index contributed by atoms with van der Waals surface area (Å²) in [6, 6.07) is 6.36. The van der Waals surface area contributed by atoms with Crippen molar-refractivity contribution in [2.75, 3.05) is 12.3 Å². The molecule has 2 rings (SSSR count). The van der Waals surface area contributed by atoms with Crippen molar-refractivity contribution in [1.29, 1.82) is 0 Å². The van der Waals surface area contributed by atoms with Crippen molar-refractivity contribution in [2.24, 2.45) is 0 Å². The van der Waals surface area contributed by atoms with Crippen LogP contribution in [0.5, 0.6) is 0 Å². The first-order valence-corrected chi connectivity index (χ1v) is 6.34. The average Bonchev–Trinajstić information content (AvgIpc) is 2.78. The molecule has 0 saturated carbocycles. The van der Waals surface area contributed by atoms with Gasteiger partial charge in [-0.05, 0) is 31.0 Å². The van der Waals surface area contributed by atoms with E-state index in [0.717, 1.165) is 5.56 Å². The number of aryl methyl sites for hydroxylation is 2. The van der Waals surface area contributed by atoms with Crippen molar-refractivity contribution in [3.63, 3.8) is 0 Å². The number of carbonyl (C=O) groups is 1. The standard InChI is InChI=1S/C14H16FN3O2/c1-2-20-14(19)12-13(16)18(9-17-12)7-6-10-4-3-5-11(15)8-10/h3-5,8-9H,2,6-7,16H2,1H3. The number of halogens is 1. The average molecular weight is 277 g/mol. The van der Waals surface area contributed by atoms with Gasteiger partial charge in [-0.2, -0.15) is 0 Å². The van der Waals surface area contributed by atoms with E-state index in [9.17, 15) is 9.18 Å². The zero-order chi connectivity index (χ0) is 14.5. The van der Waals surface area contributed by atoms with Crippen LogP contribution in [0.25, 0.3) is 0 Å². The van der Waals surface area contributed by atoms with E-state index in [-0.39, 0.29) is 23.9 Å². The highest BCUT2D eigenvalue weighted by Crippen LogP contribution is 2.13. The zero-order valence-corrected chi connectivity index (χ0v) is 11.2. The van der Waals surface area contributed by atoms with Crippen molar-refractivity contribution in [2.45, 2.75) is 19.9 Å². The van der Waals surface area contributed by atoms with Crippen LogP contribution in [-0.2, 0) is 17.7 Å². The highest BCUT2D eigenvalue weighted by Gasteiger charge is 2.16. The largest absolute Gasteiger partial charge is 0.461 e. The van der Waals surface area contributed by atoms with Crippen molar-refractivity contribution < 1.29 is 13.9 Å². The van der Waals surface area contributed by atoms with Gasteiger partial charge in [-0.15, -0.1) is 0 Å². The minimum Gasteiger partial charge on any atom is -0.461 e. The number of nitrogen functional groups attached to an aromatic ring is 1. The molecule has 20 heavy (non-hydrogen) atoms. The van der Waals surface area contributed by atoms with Crippen molar-refractivity contribution in [3.8, 4) is 0 Å². The van der Waals surface area contributed by atoms with E-state index in [0.29, 0.717) is 13.0 Å². The monoisotopic (exact) mass is 277 g/mol. The van der Waals surface area contributed by atoms with Gasteiger partial charge in [0.15, 0.2) is 5.69 Å². The number of anilines is 1. The van der Waals surface area contributed by atoms with Gasteiger partial charge in [0.05, 0.1) is 12.9 Å². The normalized spacial score (nSPS) is 10.5. The lowest BCUT2D eigenvalue weighted by Gasteiger charge is -2.06. The van der Waals surface area contributed by atoms with E-state index in [1.807, 2.05) is 6.07 Å². The van der Waals surface area contributed by atoms with Gasteiger partial charge >= 0.3 is 5.97 Å². The molecule has 0 saturated heterocycles. The Balaban J connectivity index is 2.05. The zero-order valence-electron chi connectivity index (χ0n) is 11.2. The highest BCUT2D eigenvalue weighted by atomic mass is 19.1. The lowest BCUT2D eigenvalue weighted by molar-refractivity contribution is 0.0521. The lowest BCUT2D eigenvalue weighted by Crippen LogP contribution is -2.10. The Hall–Kier alpha value is -2.37. The molecule has 0 radical (unpaired) electrons. The number of nitrogens with zero attached hydrogens (tertiary/aromatic N) is 2. The Kier molecular flexibility index (Phi) is 4.34. The van der Waals surface area contributed by atoms with Gasteiger partial charge in [0.25, 0.3) is 0 Å². The van der Waals surface area contributed by atoms with Gasteiger partial charge in [0, 0.05) is 6.54 Å². The Labute approximate surface area is 116 Å². The maximum atomic E-state index is 13.1. The number of aromatic nitrogens is 2. The molecular weight excluding hydrogens is 261 g/mol. The van der Waals surface area contributed by atoms with Gasteiger partial charge in [-0.3, -0.25) is 0 Å². The molecule has 1 heterocycles. The molecule has 0 aliphatic rings. The predicted molar refractivity (Wildman–Crippen MR) is 72.7 cm³/mol. The number of nitrogens with two attached hydrogens (primary N) is 1. The molecule has 1 aromatic carbocycles. The van der Waals surface area contributed by atoms with Crippen molar-refractivity contribution in [3.05, 3.63) is 47.7 Å². The Morgan fingerprint density at radius 2 is 2.30 bits per heavy atom. The highest BCUT2D eigenvalue weighted by molar-refractivity contribution is 5.92. The Morgan fingerprint density at radius 1 is 1.50 bits per heavy atom.